The van der Waals surface area contributed by atoms with Crippen LogP contribution >= 0.6 is 0 Å². The van der Waals surface area contributed by atoms with E-state index in [1.807, 2.05) is 31.2 Å². The zero-order valence-corrected chi connectivity index (χ0v) is 14.1. The van der Waals surface area contributed by atoms with Crippen LogP contribution in [0.3, 0.4) is 0 Å². The number of ether oxygens (including phenoxy) is 1. The molecular weight excluding hydrogens is 318 g/mol. The number of amides is 1. The molecule has 23 heavy (non-hydrogen) atoms. The SMILES string of the molecule is COC(=O)CN(C(=O)Cc1cccc(C)c1)C1CCS(=O)(=O)C1. The third-order valence-electron chi connectivity index (χ3n) is 3.93. The molecule has 1 heterocycles. The van der Waals surface area contributed by atoms with Crippen molar-refractivity contribution >= 4 is 21.7 Å². The summed E-state index contributed by atoms with van der Waals surface area (Å²) in [7, 11) is -1.90. The fourth-order valence-corrected chi connectivity index (χ4v) is 4.47. The lowest BCUT2D eigenvalue weighted by Gasteiger charge is -2.27. The Hall–Kier alpha value is -1.89. The second-order valence-corrected chi connectivity index (χ2v) is 8.05. The lowest BCUT2D eigenvalue weighted by molar-refractivity contribution is -0.148. The molecule has 6 nitrogen and oxygen atoms in total. The Morgan fingerprint density at radius 2 is 2.09 bits per heavy atom. The van der Waals surface area contributed by atoms with Gasteiger partial charge in [-0.15, -0.1) is 0 Å². The van der Waals surface area contributed by atoms with Gasteiger partial charge in [-0.2, -0.15) is 0 Å². The molecule has 0 aromatic heterocycles. The summed E-state index contributed by atoms with van der Waals surface area (Å²) in [6.45, 7) is 1.71. The number of benzene rings is 1. The van der Waals surface area contributed by atoms with Gasteiger partial charge in [0.2, 0.25) is 5.91 Å². The van der Waals surface area contributed by atoms with E-state index in [1.165, 1.54) is 12.0 Å². The topological polar surface area (TPSA) is 80.8 Å². The van der Waals surface area contributed by atoms with E-state index in [9.17, 15) is 18.0 Å². The summed E-state index contributed by atoms with van der Waals surface area (Å²) in [5, 5.41) is 0. The Morgan fingerprint density at radius 3 is 2.65 bits per heavy atom. The zero-order valence-electron chi connectivity index (χ0n) is 13.3. The summed E-state index contributed by atoms with van der Waals surface area (Å²) >= 11 is 0. The Morgan fingerprint density at radius 1 is 1.35 bits per heavy atom. The van der Waals surface area contributed by atoms with Crippen LogP contribution in [0, 0.1) is 6.92 Å². The Labute approximate surface area is 136 Å². The number of hydrogen-bond acceptors (Lipinski definition) is 5. The minimum Gasteiger partial charge on any atom is -0.468 e. The molecule has 0 spiro atoms. The third kappa shape index (κ3) is 4.79. The highest BCUT2D eigenvalue weighted by Crippen LogP contribution is 2.19. The molecule has 1 saturated heterocycles. The van der Waals surface area contributed by atoms with Gasteiger partial charge in [0.15, 0.2) is 9.84 Å². The summed E-state index contributed by atoms with van der Waals surface area (Å²) in [4.78, 5) is 25.5. The van der Waals surface area contributed by atoms with E-state index >= 15 is 0 Å². The van der Waals surface area contributed by atoms with Crippen LogP contribution in [-0.4, -0.2) is 56.4 Å². The van der Waals surface area contributed by atoms with Crippen LogP contribution in [0.15, 0.2) is 24.3 Å². The van der Waals surface area contributed by atoms with Crippen LogP contribution < -0.4 is 0 Å². The van der Waals surface area contributed by atoms with E-state index < -0.39 is 21.8 Å². The van der Waals surface area contributed by atoms with Crippen molar-refractivity contribution in [1.29, 1.82) is 0 Å². The summed E-state index contributed by atoms with van der Waals surface area (Å²) in [6, 6.07) is 7.08. The molecule has 1 unspecified atom stereocenters. The number of rotatable bonds is 5. The fraction of sp³-hybridized carbons (Fsp3) is 0.500. The van der Waals surface area contributed by atoms with E-state index in [4.69, 9.17) is 0 Å². The first kappa shape index (κ1) is 17.5. The maximum atomic E-state index is 12.6. The Balaban J connectivity index is 2.15. The lowest BCUT2D eigenvalue weighted by Crippen LogP contribution is -2.45. The quantitative estimate of drug-likeness (QED) is 0.739. The average Bonchev–Trinajstić information content (AvgIpc) is 2.84. The highest BCUT2D eigenvalue weighted by atomic mass is 32.2. The van der Waals surface area contributed by atoms with E-state index in [-0.39, 0.29) is 30.4 Å². The number of esters is 1. The van der Waals surface area contributed by atoms with Crippen molar-refractivity contribution in [3.05, 3.63) is 35.4 Å². The van der Waals surface area contributed by atoms with Gasteiger partial charge >= 0.3 is 5.97 Å². The van der Waals surface area contributed by atoms with Crippen molar-refractivity contribution in [2.45, 2.75) is 25.8 Å². The highest BCUT2D eigenvalue weighted by Gasteiger charge is 2.35. The van der Waals surface area contributed by atoms with Crippen molar-refractivity contribution in [1.82, 2.24) is 4.90 Å². The number of carbonyl (C=O) groups excluding carboxylic acids is 2. The number of aryl methyl sites for hydroxylation is 1. The van der Waals surface area contributed by atoms with Gasteiger partial charge in [0.25, 0.3) is 0 Å². The molecule has 0 bridgehead atoms. The van der Waals surface area contributed by atoms with Gasteiger partial charge in [-0.05, 0) is 18.9 Å². The predicted molar refractivity (Wildman–Crippen MR) is 85.7 cm³/mol. The van der Waals surface area contributed by atoms with Gasteiger partial charge in [-0.3, -0.25) is 9.59 Å². The average molecular weight is 339 g/mol. The summed E-state index contributed by atoms with van der Waals surface area (Å²) in [6.07, 6.45) is 0.494. The normalized spacial score (nSPS) is 19.3. The first-order chi connectivity index (χ1) is 10.8. The first-order valence-electron chi connectivity index (χ1n) is 7.43. The highest BCUT2D eigenvalue weighted by molar-refractivity contribution is 7.91. The maximum Gasteiger partial charge on any atom is 0.325 e. The van der Waals surface area contributed by atoms with Crippen LogP contribution in [0.4, 0.5) is 0 Å². The molecular formula is C16H21NO5S. The van der Waals surface area contributed by atoms with Crippen LogP contribution in [-0.2, 0) is 30.6 Å². The van der Waals surface area contributed by atoms with E-state index in [2.05, 4.69) is 4.74 Å². The molecule has 0 saturated carbocycles. The number of methoxy groups -OCH3 is 1. The minimum atomic E-state index is -3.14. The predicted octanol–water partition coefficient (Wildman–Crippen LogP) is 0.726. The van der Waals surface area contributed by atoms with Crippen molar-refractivity contribution in [3.8, 4) is 0 Å². The Bertz CT molecular complexity index is 698. The summed E-state index contributed by atoms with van der Waals surface area (Å²) < 4.78 is 28.0. The monoisotopic (exact) mass is 339 g/mol. The van der Waals surface area contributed by atoms with Crippen molar-refractivity contribution in [3.63, 3.8) is 0 Å². The molecule has 0 N–H and O–H groups in total. The number of sulfone groups is 1. The lowest BCUT2D eigenvalue weighted by atomic mass is 10.1. The number of carbonyl (C=O) groups is 2. The molecule has 0 aliphatic carbocycles. The standard InChI is InChI=1S/C16H21NO5S/c1-12-4-3-5-13(8-12)9-15(18)17(10-16(19)22-2)14-6-7-23(20,21)11-14/h3-5,8,14H,6-7,9-11H2,1-2H3. The van der Waals surface area contributed by atoms with Crippen LogP contribution in [0.5, 0.6) is 0 Å². The van der Waals surface area contributed by atoms with Gasteiger partial charge in [-0.1, -0.05) is 29.8 Å². The van der Waals surface area contributed by atoms with Crippen LogP contribution in [0.1, 0.15) is 17.5 Å². The fourth-order valence-electron chi connectivity index (χ4n) is 2.74. The van der Waals surface area contributed by atoms with Gasteiger partial charge in [0, 0.05) is 6.04 Å². The number of nitrogens with zero attached hydrogens (tertiary/aromatic N) is 1. The number of hydrogen-bond donors (Lipinski definition) is 0. The second kappa shape index (κ2) is 7.12. The summed E-state index contributed by atoms with van der Waals surface area (Å²) in [5.41, 5.74) is 1.88. The van der Waals surface area contributed by atoms with Gasteiger partial charge in [0.1, 0.15) is 6.54 Å². The molecule has 7 heteroatoms. The van der Waals surface area contributed by atoms with E-state index in [0.29, 0.717) is 6.42 Å². The third-order valence-corrected chi connectivity index (χ3v) is 5.68. The van der Waals surface area contributed by atoms with Crippen molar-refractivity contribution in [2.24, 2.45) is 0 Å². The van der Waals surface area contributed by atoms with Gasteiger partial charge in [0.05, 0.1) is 25.0 Å². The van der Waals surface area contributed by atoms with Crippen molar-refractivity contribution in [2.75, 3.05) is 25.2 Å². The van der Waals surface area contributed by atoms with Gasteiger partial charge in [-0.25, -0.2) is 8.42 Å². The molecule has 1 aromatic carbocycles. The first-order valence-corrected chi connectivity index (χ1v) is 9.25. The molecule has 2 rings (SSSR count). The molecule has 1 amide bonds. The molecule has 0 radical (unpaired) electrons. The molecule has 1 aliphatic heterocycles. The van der Waals surface area contributed by atoms with Gasteiger partial charge < -0.3 is 9.64 Å². The second-order valence-electron chi connectivity index (χ2n) is 5.82. The molecule has 1 aromatic rings. The van der Waals surface area contributed by atoms with Crippen LogP contribution in [0.25, 0.3) is 0 Å². The molecule has 1 fully saturated rings. The molecule has 1 aliphatic rings. The van der Waals surface area contributed by atoms with E-state index in [1.54, 1.807) is 0 Å². The van der Waals surface area contributed by atoms with E-state index in [0.717, 1.165) is 11.1 Å². The molecule has 1 atom stereocenters. The minimum absolute atomic E-state index is 0.0487. The Kier molecular flexibility index (Phi) is 5.41. The maximum absolute atomic E-state index is 12.6. The van der Waals surface area contributed by atoms with Crippen LogP contribution in [0.2, 0.25) is 0 Å². The largest absolute Gasteiger partial charge is 0.468 e. The molecule has 126 valence electrons. The van der Waals surface area contributed by atoms with Crippen molar-refractivity contribution < 1.29 is 22.7 Å². The zero-order chi connectivity index (χ0) is 17.0. The smallest absolute Gasteiger partial charge is 0.325 e. The summed E-state index contributed by atoms with van der Waals surface area (Å²) in [5.74, 6) is -0.855.